The number of rotatable bonds is 3. The Labute approximate surface area is 144 Å². The van der Waals surface area contributed by atoms with Gasteiger partial charge in [-0.15, -0.1) is 11.3 Å². The normalized spacial score (nSPS) is 16.9. The van der Waals surface area contributed by atoms with Gasteiger partial charge < -0.3 is 0 Å². The van der Waals surface area contributed by atoms with Crippen molar-refractivity contribution in [3.63, 3.8) is 0 Å². The summed E-state index contributed by atoms with van der Waals surface area (Å²) in [5, 5.41) is 6.26. The maximum absolute atomic E-state index is 12.3. The van der Waals surface area contributed by atoms with Crippen LogP contribution in [0.2, 0.25) is 0 Å². The van der Waals surface area contributed by atoms with Crippen LogP contribution in [0.3, 0.4) is 0 Å². The first-order chi connectivity index (χ1) is 11.6. The molecule has 0 aliphatic carbocycles. The first kappa shape index (κ1) is 15.5. The maximum atomic E-state index is 12.3. The van der Waals surface area contributed by atoms with E-state index in [0.717, 1.165) is 48.8 Å². The summed E-state index contributed by atoms with van der Waals surface area (Å²) in [5.74, 6) is 0.578. The molecule has 1 aliphatic rings. The lowest BCUT2D eigenvalue weighted by atomic mass is 9.93. The van der Waals surface area contributed by atoms with E-state index in [1.165, 1.54) is 17.0 Å². The van der Waals surface area contributed by atoms with Crippen LogP contribution in [0, 0.1) is 6.92 Å². The number of hydrogen-bond acceptors (Lipinski definition) is 5. The first-order valence-corrected chi connectivity index (χ1v) is 9.17. The van der Waals surface area contributed by atoms with Crippen LogP contribution in [0.4, 0.5) is 0 Å². The lowest BCUT2D eigenvalue weighted by Crippen LogP contribution is -2.33. The van der Waals surface area contributed by atoms with Crippen molar-refractivity contribution >= 4 is 16.3 Å². The molecule has 24 heavy (non-hydrogen) atoms. The van der Waals surface area contributed by atoms with E-state index in [0.29, 0.717) is 5.92 Å². The number of likely N-dealkylation sites (tertiary alicyclic amines) is 1. The number of fused-ring (bicyclic) bond motifs is 1. The van der Waals surface area contributed by atoms with E-state index in [2.05, 4.69) is 21.0 Å². The molecular formula is C17H21N5OS. The van der Waals surface area contributed by atoms with E-state index >= 15 is 0 Å². The lowest BCUT2D eigenvalue weighted by Gasteiger charge is -2.31. The molecule has 1 fully saturated rings. The van der Waals surface area contributed by atoms with Crippen molar-refractivity contribution in [3.8, 4) is 0 Å². The molecule has 0 aromatic carbocycles. The van der Waals surface area contributed by atoms with Gasteiger partial charge in [0.2, 0.25) is 0 Å². The summed E-state index contributed by atoms with van der Waals surface area (Å²) < 4.78 is 3.67. The van der Waals surface area contributed by atoms with E-state index < -0.39 is 0 Å². The standard InChI is InChI=1S/C17H21N5OS/c1-12-11-24-17-19-14(9-16(23)22(12)17)10-21-7-4-13(5-8-21)15-3-6-18-20(15)2/h3,6,9,11,13H,4-5,7-8,10H2,1-2H3. The van der Waals surface area contributed by atoms with Crippen LogP contribution in [0.5, 0.6) is 0 Å². The molecule has 3 aromatic heterocycles. The van der Waals surface area contributed by atoms with Gasteiger partial charge in [0.05, 0.1) is 5.69 Å². The number of nitrogens with zero attached hydrogens (tertiary/aromatic N) is 5. The van der Waals surface area contributed by atoms with Gasteiger partial charge >= 0.3 is 0 Å². The summed E-state index contributed by atoms with van der Waals surface area (Å²) in [7, 11) is 2.01. The minimum Gasteiger partial charge on any atom is -0.297 e. The van der Waals surface area contributed by atoms with Gasteiger partial charge in [-0.25, -0.2) is 4.98 Å². The molecule has 0 radical (unpaired) electrons. The zero-order valence-electron chi connectivity index (χ0n) is 14.0. The molecule has 4 heterocycles. The highest BCUT2D eigenvalue weighted by atomic mass is 32.1. The van der Waals surface area contributed by atoms with E-state index in [1.54, 1.807) is 10.5 Å². The third kappa shape index (κ3) is 2.78. The highest BCUT2D eigenvalue weighted by Gasteiger charge is 2.23. The molecule has 7 heteroatoms. The van der Waals surface area contributed by atoms with Gasteiger partial charge in [0, 0.05) is 48.5 Å². The van der Waals surface area contributed by atoms with Gasteiger partial charge in [-0.3, -0.25) is 18.8 Å². The molecule has 0 amide bonds. The van der Waals surface area contributed by atoms with Gasteiger partial charge in [-0.05, 0) is 38.9 Å². The average Bonchev–Trinajstić information content (AvgIpc) is 3.15. The molecule has 0 N–H and O–H groups in total. The van der Waals surface area contributed by atoms with Crippen LogP contribution in [-0.2, 0) is 13.6 Å². The number of piperidine rings is 1. The quantitative estimate of drug-likeness (QED) is 0.731. The molecular weight excluding hydrogens is 322 g/mol. The van der Waals surface area contributed by atoms with Crippen molar-refractivity contribution < 1.29 is 0 Å². The fourth-order valence-electron chi connectivity index (χ4n) is 3.58. The molecule has 0 unspecified atom stereocenters. The zero-order chi connectivity index (χ0) is 16.7. The topological polar surface area (TPSA) is 55.4 Å². The van der Waals surface area contributed by atoms with Gasteiger partial charge in [0.15, 0.2) is 4.96 Å². The molecule has 0 saturated carbocycles. The van der Waals surface area contributed by atoms with Crippen LogP contribution in [0.25, 0.3) is 4.96 Å². The molecule has 0 spiro atoms. The highest BCUT2D eigenvalue weighted by Crippen LogP contribution is 2.27. The van der Waals surface area contributed by atoms with Crippen molar-refractivity contribution in [2.24, 2.45) is 7.05 Å². The molecule has 0 atom stereocenters. The lowest BCUT2D eigenvalue weighted by molar-refractivity contribution is 0.199. The Morgan fingerprint density at radius 1 is 1.33 bits per heavy atom. The Morgan fingerprint density at radius 3 is 2.83 bits per heavy atom. The van der Waals surface area contributed by atoms with E-state index in [1.807, 2.05) is 30.2 Å². The largest absolute Gasteiger partial charge is 0.297 e. The second kappa shape index (κ2) is 6.14. The second-order valence-corrected chi connectivity index (χ2v) is 7.35. The molecule has 0 bridgehead atoms. The Bertz CT molecular complexity index is 917. The third-order valence-corrected chi connectivity index (χ3v) is 5.82. The van der Waals surface area contributed by atoms with Crippen LogP contribution < -0.4 is 5.56 Å². The van der Waals surface area contributed by atoms with Gasteiger partial charge in [0.25, 0.3) is 5.56 Å². The average molecular weight is 343 g/mol. The smallest absolute Gasteiger partial charge is 0.259 e. The van der Waals surface area contributed by atoms with Crippen LogP contribution in [0.15, 0.2) is 28.5 Å². The van der Waals surface area contributed by atoms with Crippen LogP contribution in [-0.4, -0.2) is 37.2 Å². The SMILES string of the molecule is Cc1csc2nc(CN3CCC(c4ccnn4C)CC3)cc(=O)n12. The predicted octanol–water partition coefficient (Wildman–Crippen LogP) is 2.18. The summed E-state index contributed by atoms with van der Waals surface area (Å²) in [6, 6.07) is 3.80. The Balaban J connectivity index is 1.46. The van der Waals surface area contributed by atoms with Crippen molar-refractivity contribution in [1.82, 2.24) is 24.1 Å². The van der Waals surface area contributed by atoms with E-state index in [4.69, 9.17) is 0 Å². The van der Waals surface area contributed by atoms with Gasteiger partial charge in [-0.1, -0.05) is 0 Å². The molecule has 126 valence electrons. The second-order valence-electron chi connectivity index (χ2n) is 6.51. The van der Waals surface area contributed by atoms with Crippen LogP contribution >= 0.6 is 11.3 Å². The number of aryl methyl sites for hydroxylation is 2. The molecule has 6 nitrogen and oxygen atoms in total. The molecule has 4 rings (SSSR count). The van der Waals surface area contributed by atoms with Crippen molar-refractivity contribution in [1.29, 1.82) is 0 Å². The summed E-state index contributed by atoms with van der Waals surface area (Å²) in [6.07, 6.45) is 4.12. The maximum Gasteiger partial charge on any atom is 0.259 e. The monoisotopic (exact) mass is 343 g/mol. The molecule has 3 aromatic rings. The highest BCUT2D eigenvalue weighted by molar-refractivity contribution is 7.15. The molecule has 1 aliphatic heterocycles. The van der Waals surface area contributed by atoms with Crippen molar-refractivity contribution in [2.75, 3.05) is 13.1 Å². The third-order valence-electron chi connectivity index (χ3n) is 4.88. The predicted molar refractivity (Wildman–Crippen MR) is 94.5 cm³/mol. The van der Waals surface area contributed by atoms with E-state index in [-0.39, 0.29) is 5.56 Å². The minimum atomic E-state index is 0.0264. The number of thiazole rings is 1. The first-order valence-electron chi connectivity index (χ1n) is 8.29. The zero-order valence-corrected chi connectivity index (χ0v) is 14.8. The minimum absolute atomic E-state index is 0.0264. The van der Waals surface area contributed by atoms with E-state index in [9.17, 15) is 4.79 Å². The van der Waals surface area contributed by atoms with Crippen molar-refractivity contribution in [2.45, 2.75) is 32.2 Å². The fourth-order valence-corrected chi connectivity index (χ4v) is 4.47. The summed E-state index contributed by atoms with van der Waals surface area (Å²) in [4.78, 5) is 20.1. The van der Waals surface area contributed by atoms with Crippen LogP contribution in [0.1, 0.15) is 35.8 Å². The number of hydrogen-bond donors (Lipinski definition) is 0. The van der Waals surface area contributed by atoms with Gasteiger partial charge in [-0.2, -0.15) is 5.10 Å². The Morgan fingerprint density at radius 2 is 2.12 bits per heavy atom. The van der Waals surface area contributed by atoms with Gasteiger partial charge in [0.1, 0.15) is 0 Å². The summed E-state index contributed by atoms with van der Waals surface area (Å²) >= 11 is 1.53. The molecule has 1 saturated heterocycles. The summed E-state index contributed by atoms with van der Waals surface area (Å²) in [5.41, 5.74) is 3.18. The summed E-state index contributed by atoms with van der Waals surface area (Å²) in [6.45, 7) is 4.75. The van der Waals surface area contributed by atoms with Crippen molar-refractivity contribution in [3.05, 3.63) is 51.1 Å². The Hall–Kier alpha value is -1.99. The fraction of sp³-hybridized carbons (Fsp3) is 0.471. The Kier molecular flexibility index (Phi) is 3.97. The number of aromatic nitrogens is 4.